The largest absolute Gasteiger partial charge is 0.497 e. The number of methoxy groups -OCH3 is 1. The first-order valence-corrected chi connectivity index (χ1v) is 9.17. The third-order valence-corrected chi connectivity index (χ3v) is 5.17. The summed E-state index contributed by atoms with van der Waals surface area (Å²) in [4.78, 5) is 16.8. The second-order valence-electron chi connectivity index (χ2n) is 6.77. The van der Waals surface area contributed by atoms with Crippen molar-refractivity contribution in [1.29, 1.82) is 0 Å². The van der Waals surface area contributed by atoms with E-state index in [1.165, 1.54) is 5.56 Å². The van der Waals surface area contributed by atoms with Gasteiger partial charge < -0.3 is 10.1 Å². The fourth-order valence-electron chi connectivity index (χ4n) is 3.63. The molecule has 1 aliphatic heterocycles. The summed E-state index contributed by atoms with van der Waals surface area (Å²) in [5.74, 6) is 1.35. The number of benzene rings is 2. The van der Waals surface area contributed by atoms with Crippen LogP contribution in [0.2, 0.25) is 5.02 Å². The molecule has 1 N–H and O–H groups in total. The Labute approximate surface area is 162 Å². The van der Waals surface area contributed by atoms with Gasteiger partial charge in [-0.25, -0.2) is 4.79 Å². The molecule has 0 radical (unpaired) electrons. The van der Waals surface area contributed by atoms with Crippen LogP contribution >= 0.6 is 11.6 Å². The molecule has 3 aromatic rings. The van der Waals surface area contributed by atoms with Gasteiger partial charge in [0.25, 0.3) is 0 Å². The van der Waals surface area contributed by atoms with Crippen LogP contribution in [0.15, 0.2) is 41.2 Å². The summed E-state index contributed by atoms with van der Waals surface area (Å²) in [6.45, 7) is 4.57. The number of nitrogens with one attached hydrogen (secondary N) is 1. The Morgan fingerprint density at radius 1 is 1.15 bits per heavy atom. The molecule has 1 aliphatic rings. The average molecular weight is 382 g/mol. The van der Waals surface area contributed by atoms with Crippen molar-refractivity contribution in [3.63, 3.8) is 0 Å². The quantitative estimate of drug-likeness (QED) is 0.726. The lowest BCUT2D eigenvalue weighted by Gasteiger charge is -2.23. The lowest BCUT2D eigenvalue weighted by atomic mass is 9.97. The van der Waals surface area contributed by atoms with Gasteiger partial charge in [0.15, 0.2) is 0 Å². The van der Waals surface area contributed by atoms with E-state index in [-0.39, 0.29) is 5.69 Å². The molecule has 138 valence electrons. The topological polar surface area (TPSA) is 56.1 Å². The van der Waals surface area contributed by atoms with Crippen molar-refractivity contribution >= 4 is 23.1 Å². The SMILES string of the molecule is COc1ccc2c(c1)CCn1c-2cc(Nc2c(C)cc(Cl)cc2C)nc1=O. The summed E-state index contributed by atoms with van der Waals surface area (Å²) < 4.78 is 7.05. The second-order valence-corrected chi connectivity index (χ2v) is 7.21. The number of halogens is 1. The summed E-state index contributed by atoms with van der Waals surface area (Å²) in [5, 5.41) is 4.00. The van der Waals surface area contributed by atoms with Crippen molar-refractivity contribution in [2.45, 2.75) is 26.8 Å². The minimum atomic E-state index is -0.249. The Kier molecular flexibility index (Phi) is 4.40. The summed E-state index contributed by atoms with van der Waals surface area (Å²) >= 11 is 6.12. The van der Waals surface area contributed by atoms with Gasteiger partial charge in [-0.05, 0) is 67.3 Å². The maximum Gasteiger partial charge on any atom is 0.350 e. The van der Waals surface area contributed by atoms with Gasteiger partial charge in [-0.3, -0.25) is 4.57 Å². The molecule has 0 spiro atoms. The van der Waals surface area contributed by atoms with Crippen LogP contribution in [-0.2, 0) is 13.0 Å². The number of anilines is 2. The van der Waals surface area contributed by atoms with Gasteiger partial charge in [0.05, 0.1) is 12.8 Å². The van der Waals surface area contributed by atoms with E-state index in [2.05, 4.69) is 10.3 Å². The lowest BCUT2D eigenvalue weighted by Crippen LogP contribution is -2.28. The number of aryl methyl sites for hydroxylation is 3. The minimum absolute atomic E-state index is 0.249. The average Bonchev–Trinajstić information content (AvgIpc) is 2.64. The van der Waals surface area contributed by atoms with Crippen molar-refractivity contribution in [2.75, 3.05) is 12.4 Å². The van der Waals surface area contributed by atoms with E-state index in [1.807, 2.05) is 50.2 Å². The normalized spacial score (nSPS) is 12.3. The van der Waals surface area contributed by atoms with E-state index in [4.69, 9.17) is 16.3 Å². The number of fused-ring (bicyclic) bond motifs is 3. The number of nitrogens with zero attached hydrogens (tertiary/aromatic N) is 2. The maximum absolute atomic E-state index is 12.6. The van der Waals surface area contributed by atoms with Crippen LogP contribution in [0.5, 0.6) is 5.75 Å². The van der Waals surface area contributed by atoms with Gasteiger partial charge in [-0.15, -0.1) is 0 Å². The molecule has 0 saturated heterocycles. The first-order valence-electron chi connectivity index (χ1n) is 8.79. The Morgan fingerprint density at radius 3 is 2.59 bits per heavy atom. The molecule has 5 nitrogen and oxygen atoms in total. The molecule has 6 heteroatoms. The van der Waals surface area contributed by atoms with Crippen LogP contribution in [0, 0.1) is 13.8 Å². The molecular formula is C21H20ClN3O2. The smallest absolute Gasteiger partial charge is 0.350 e. The zero-order chi connectivity index (χ0) is 19.1. The number of ether oxygens (including phenoxy) is 1. The first kappa shape index (κ1) is 17.6. The fraction of sp³-hybridized carbons (Fsp3) is 0.238. The van der Waals surface area contributed by atoms with Gasteiger partial charge in [0.1, 0.15) is 11.6 Å². The molecule has 2 aromatic carbocycles. The van der Waals surface area contributed by atoms with Crippen LogP contribution < -0.4 is 15.7 Å². The van der Waals surface area contributed by atoms with E-state index in [1.54, 1.807) is 11.7 Å². The van der Waals surface area contributed by atoms with Gasteiger partial charge in [-0.1, -0.05) is 11.6 Å². The first-order chi connectivity index (χ1) is 13.0. The van der Waals surface area contributed by atoms with Crippen molar-refractivity contribution in [3.05, 3.63) is 68.6 Å². The maximum atomic E-state index is 12.6. The monoisotopic (exact) mass is 381 g/mol. The molecule has 1 aromatic heterocycles. The molecule has 0 amide bonds. The zero-order valence-electron chi connectivity index (χ0n) is 15.5. The predicted octanol–water partition coefficient (Wildman–Crippen LogP) is 4.49. The molecule has 0 saturated carbocycles. The number of hydrogen-bond acceptors (Lipinski definition) is 4. The van der Waals surface area contributed by atoms with Gasteiger partial charge in [0.2, 0.25) is 0 Å². The molecule has 0 fully saturated rings. The van der Waals surface area contributed by atoms with Crippen LogP contribution in [0.25, 0.3) is 11.3 Å². The number of aromatic nitrogens is 2. The van der Waals surface area contributed by atoms with Gasteiger partial charge >= 0.3 is 5.69 Å². The van der Waals surface area contributed by atoms with Crippen LogP contribution in [-0.4, -0.2) is 16.7 Å². The standard InChI is InChI=1S/C21H20ClN3O2/c1-12-8-15(22)9-13(2)20(12)23-19-11-18-17-5-4-16(27-3)10-14(17)6-7-25(18)21(26)24-19/h4-5,8-11H,6-7H2,1-3H3,(H,23,24,26). The zero-order valence-corrected chi connectivity index (χ0v) is 16.2. The van der Waals surface area contributed by atoms with Crippen LogP contribution in [0.1, 0.15) is 16.7 Å². The van der Waals surface area contributed by atoms with Crippen molar-refractivity contribution in [1.82, 2.24) is 9.55 Å². The fourth-order valence-corrected chi connectivity index (χ4v) is 3.96. The molecule has 27 heavy (non-hydrogen) atoms. The van der Waals surface area contributed by atoms with E-state index in [9.17, 15) is 4.79 Å². The van der Waals surface area contributed by atoms with Crippen molar-refractivity contribution < 1.29 is 4.74 Å². The van der Waals surface area contributed by atoms with Gasteiger partial charge in [-0.2, -0.15) is 4.98 Å². The summed E-state index contributed by atoms with van der Waals surface area (Å²) in [7, 11) is 1.66. The highest BCUT2D eigenvalue weighted by Gasteiger charge is 2.19. The van der Waals surface area contributed by atoms with E-state index in [0.29, 0.717) is 17.4 Å². The third-order valence-electron chi connectivity index (χ3n) is 4.95. The van der Waals surface area contributed by atoms with Crippen molar-refractivity contribution in [3.8, 4) is 17.0 Å². The highest BCUT2D eigenvalue weighted by molar-refractivity contribution is 6.30. The highest BCUT2D eigenvalue weighted by Crippen LogP contribution is 2.33. The molecular weight excluding hydrogens is 362 g/mol. The molecule has 0 bridgehead atoms. The Hall–Kier alpha value is -2.79. The van der Waals surface area contributed by atoms with E-state index < -0.39 is 0 Å². The van der Waals surface area contributed by atoms with Crippen LogP contribution in [0.4, 0.5) is 11.5 Å². The number of hydrogen-bond donors (Lipinski definition) is 1. The minimum Gasteiger partial charge on any atom is -0.497 e. The van der Waals surface area contributed by atoms with E-state index in [0.717, 1.165) is 40.2 Å². The molecule has 0 atom stereocenters. The van der Waals surface area contributed by atoms with E-state index >= 15 is 0 Å². The van der Waals surface area contributed by atoms with Crippen molar-refractivity contribution in [2.24, 2.45) is 0 Å². The van der Waals surface area contributed by atoms with Gasteiger partial charge in [0, 0.05) is 28.9 Å². The Balaban J connectivity index is 1.80. The second kappa shape index (κ2) is 6.74. The molecule has 4 rings (SSSR count). The summed E-state index contributed by atoms with van der Waals surface area (Å²) in [6, 6.07) is 11.7. The highest BCUT2D eigenvalue weighted by atomic mass is 35.5. The molecule has 0 aliphatic carbocycles. The summed E-state index contributed by atoms with van der Waals surface area (Å²) in [6.07, 6.45) is 0.781. The summed E-state index contributed by atoms with van der Waals surface area (Å²) in [5.41, 5.74) is 5.75. The lowest BCUT2D eigenvalue weighted by molar-refractivity contribution is 0.414. The molecule has 0 unspecified atom stereocenters. The van der Waals surface area contributed by atoms with Crippen LogP contribution in [0.3, 0.4) is 0 Å². The Morgan fingerprint density at radius 2 is 1.89 bits per heavy atom. The number of rotatable bonds is 3. The molecule has 2 heterocycles. The third kappa shape index (κ3) is 3.19. The predicted molar refractivity (Wildman–Crippen MR) is 108 cm³/mol. The Bertz CT molecular complexity index is 1080.